The fraction of sp³-hybridized carbons (Fsp3) is 0.500. The van der Waals surface area contributed by atoms with E-state index in [-0.39, 0.29) is 71.7 Å². The van der Waals surface area contributed by atoms with E-state index in [4.69, 9.17) is 23.9 Å². The van der Waals surface area contributed by atoms with E-state index in [0.717, 1.165) is 73.9 Å². The molecule has 21 heteroatoms. The number of amides is 5. The average Bonchev–Trinajstić information content (AvgIpc) is 3.97. The maximum Gasteiger partial charge on any atom is 0.266 e. The number of likely N-dealkylation sites (tertiary alicyclic amines) is 1. The normalized spacial score (nSPS) is 17.8. The molecule has 0 bridgehead atoms. The molecule has 1 aliphatic carbocycles. The first-order chi connectivity index (χ1) is 33.4. The Bertz CT molecular complexity index is 2640. The maximum atomic E-state index is 13.6. The Hall–Kier alpha value is -6.68. The van der Waals surface area contributed by atoms with E-state index in [1.165, 1.54) is 32.2 Å². The number of likely N-dealkylation sites (N-methyl/N-ethyl adjacent to an activating group) is 1. The molecule has 1 unspecified atom stereocenters. The summed E-state index contributed by atoms with van der Waals surface area (Å²) in [7, 11) is 1.32. The number of nitrogens with zero attached hydrogens (tertiary/aromatic N) is 8. The number of ether oxygens (including phenoxy) is 4. The summed E-state index contributed by atoms with van der Waals surface area (Å²) in [5.41, 5.74) is 2.12. The van der Waals surface area contributed by atoms with Crippen LogP contribution >= 0.6 is 0 Å². The molecule has 21 nitrogen and oxygen atoms in total. The highest BCUT2D eigenvalue weighted by atomic mass is 16.5. The molecule has 1 atom stereocenters. The van der Waals surface area contributed by atoms with Gasteiger partial charge in [-0.15, -0.1) is 0 Å². The molecule has 69 heavy (non-hydrogen) atoms. The third-order valence-electron chi connectivity index (χ3n) is 13.0. The summed E-state index contributed by atoms with van der Waals surface area (Å²) >= 11 is 0. The van der Waals surface area contributed by atoms with E-state index in [0.29, 0.717) is 61.4 Å². The number of piperidine rings is 1. The van der Waals surface area contributed by atoms with Crippen molar-refractivity contribution in [3.63, 3.8) is 0 Å². The van der Waals surface area contributed by atoms with Crippen molar-refractivity contribution in [2.75, 3.05) is 103 Å². The minimum Gasteiger partial charge on any atom is -0.483 e. The van der Waals surface area contributed by atoms with Gasteiger partial charge in [0.2, 0.25) is 11.9 Å². The van der Waals surface area contributed by atoms with Gasteiger partial charge < -0.3 is 34.5 Å². The number of pyridine rings is 2. The van der Waals surface area contributed by atoms with Gasteiger partial charge in [-0.1, -0.05) is 18.9 Å². The van der Waals surface area contributed by atoms with E-state index < -0.39 is 36.3 Å². The van der Waals surface area contributed by atoms with Crippen LogP contribution in [0.1, 0.15) is 88.1 Å². The molecule has 0 spiro atoms. The molecule has 6 heterocycles. The Morgan fingerprint density at radius 1 is 0.826 bits per heavy atom. The van der Waals surface area contributed by atoms with Crippen molar-refractivity contribution in [3.8, 4) is 5.75 Å². The van der Waals surface area contributed by atoms with Gasteiger partial charge in [0.1, 0.15) is 23.3 Å². The lowest BCUT2D eigenvalue weighted by Gasteiger charge is -2.35. The van der Waals surface area contributed by atoms with E-state index >= 15 is 0 Å². The van der Waals surface area contributed by atoms with Gasteiger partial charge in [0.05, 0.1) is 68.2 Å². The van der Waals surface area contributed by atoms with E-state index in [1.54, 1.807) is 17.7 Å². The van der Waals surface area contributed by atoms with Gasteiger partial charge in [-0.3, -0.25) is 52.8 Å². The van der Waals surface area contributed by atoms with E-state index in [2.05, 4.69) is 30.4 Å². The predicted octanol–water partition coefficient (Wildman–Crippen LogP) is 2.67. The van der Waals surface area contributed by atoms with Crippen molar-refractivity contribution in [1.29, 1.82) is 0 Å². The highest BCUT2D eigenvalue weighted by Gasteiger charge is 2.47. The number of anilines is 3. The third kappa shape index (κ3) is 11.0. The molecule has 0 radical (unpaired) electrons. The number of Topliss-reactive ketones (excluding diaryl/α,β-unsaturated/α-hetero) is 1. The van der Waals surface area contributed by atoms with Gasteiger partial charge >= 0.3 is 0 Å². The first-order valence-electron chi connectivity index (χ1n) is 23.5. The third-order valence-corrected chi connectivity index (χ3v) is 13.0. The molecule has 4 aliphatic rings. The monoisotopic (exact) mass is 950 g/mol. The minimum absolute atomic E-state index is 0.00113. The van der Waals surface area contributed by atoms with Crippen LogP contribution in [-0.4, -0.2) is 168 Å². The average molecular weight is 951 g/mol. The Balaban J connectivity index is 0.665. The number of imide groups is 2. The van der Waals surface area contributed by atoms with Gasteiger partial charge in [0, 0.05) is 70.4 Å². The van der Waals surface area contributed by atoms with E-state index in [1.807, 2.05) is 18.3 Å². The minimum atomic E-state index is -1.09. The topological polar surface area (TPSA) is 237 Å². The van der Waals surface area contributed by atoms with Crippen LogP contribution in [0.5, 0.6) is 5.75 Å². The highest BCUT2D eigenvalue weighted by Crippen LogP contribution is 2.35. The Morgan fingerprint density at radius 3 is 2.26 bits per heavy atom. The van der Waals surface area contributed by atoms with Crippen LogP contribution in [0.3, 0.4) is 0 Å². The number of carbonyl (C=O) groups excluding carboxylic acids is 6. The molecule has 3 aromatic heterocycles. The first kappa shape index (κ1) is 48.8. The van der Waals surface area contributed by atoms with Crippen molar-refractivity contribution in [3.05, 3.63) is 75.3 Å². The quantitative estimate of drug-likeness (QED) is 0.0694. The molecule has 2 saturated heterocycles. The second-order valence-corrected chi connectivity index (χ2v) is 17.4. The Labute approximate surface area is 398 Å². The van der Waals surface area contributed by atoms with Crippen LogP contribution in [-0.2, 0) is 28.6 Å². The largest absolute Gasteiger partial charge is 0.483 e. The molecular weight excluding hydrogens is 893 g/mol. The van der Waals surface area contributed by atoms with Crippen molar-refractivity contribution in [1.82, 2.24) is 39.5 Å². The number of aryl methyl sites for hydroxylation is 1. The van der Waals surface area contributed by atoms with Crippen molar-refractivity contribution in [2.45, 2.75) is 64.5 Å². The lowest BCUT2D eigenvalue weighted by atomic mass is 10.0. The van der Waals surface area contributed by atoms with Crippen LogP contribution in [0.25, 0.3) is 11.0 Å². The summed E-state index contributed by atoms with van der Waals surface area (Å²) in [6, 6.07) is 7.29. The smallest absolute Gasteiger partial charge is 0.266 e. The Morgan fingerprint density at radius 2 is 1.55 bits per heavy atom. The zero-order chi connectivity index (χ0) is 48.6. The van der Waals surface area contributed by atoms with Crippen LogP contribution in [0, 0.1) is 6.92 Å². The van der Waals surface area contributed by atoms with Crippen LogP contribution < -0.4 is 25.8 Å². The van der Waals surface area contributed by atoms with Gasteiger partial charge in [-0.2, -0.15) is 4.98 Å². The number of ketones is 1. The second kappa shape index (κ2) is 22.2. The van der Waals surface area contributed by atoms with Crippen LogP contribution in [0.2, 0.25) is 0 Å². The van der Waals surface area contributed by atoms with Crippen molar-refractivity contribution < 1.29 is 47.7 Å². The number of aromatic nitrogens is 4. The van der Waals surface area contributed by atoms with Crippen molar-refractivity contribution >= 4 is 63.8 Å². The molecule has 366 valence electrons. The standard InChI is InChI=1S/C48H58N10O11/c1-30-35-28-51-48(53-43(35)57(32-7-4-5-8-32)46(64)41(30)31(2)59)52-38-13-11-33(27-50-38)56-18-16-55(17-19-56)20-22-67-24-26-68-25-23-66-21-15-49-39(60)29-69-37-10-6-9-34-42(37)47(65)58(44(34)62)36-12-14-40(61)54(3)45(36)63/h6,9-11,13,27-28,32,36H,4-5,7-8,12,14-26,29H2,1-3H3,(H,49,60)(H,50,51,52,53). The van der Waals surface area contributed by atoms with Gasteiger partial charge in [-0.25, -0.2) is 9.97 Å². The molecule has 4 aromatic rings. The number of carbonyl (C=O) groups is 6. The molecule has 1 aromatic carbocycles. The summed E-state index contributed by atoms with van der Waals surface area (Å²) < 4.78 is 24.3. The van der Waals surface area contributed by atoms with Gasteiger partial charge in [0.15, 0.2) is 12.4 Å². The number of nitrogens with one attached hydrogen (secondary N) is 2. The zero-order valence-corrected chi connectivity index (χ0v) is 39.2. The van der Waals surface area contributed by atoms with Crippen LogP contribution in [0.15, 0.2) is 47.5 Å². The summed E-state index contributed by atoms with van der Waals surface area (Å²) in [6.45, 7) is 9.67. The maximum absolute atomic E-state index is 13.6. The number of fused-ring (bicyclic) bond motifs is 2. The summed E-state index contributed by atoms with van der Waals surface area (Å²) in [4.78, 5) is 110. The second-order valence-electron chi connectivity index (χ2n) is 17.4. The lowest BCUT2D eigenvalue weighted by molar-refractivity contribution is -0.149. The fourth-order valence-corrected chi connectivity index (χ4v) is 9.31. The molecular formula is C48H58N10O11. The molecule has 5 amide bonds. The fourth-order valence-electron chi connectivity index (χ4n) is 9.31. The SMILES string of the molecule is CC(=O)c1c(C)c2cnc(Nc3ccc(N4CCN(CCOCCOCCOCCNC(=O)COc5cccc6c5C(=O)N(C5CCC(=O)N(C)C5=O)C6=O)CC4)cn3)nc2n(C2CCCC2)c1=O. The highest BCUT2D eigenvalue weighted by molar-refractivity contribution is 6.24. The molecule has 3 fully saturated rings. The zero-order valence-electron chi connectivity index (χ0n) is 39.2. The molecule has 3 aliphatic heterocycles. The molecule has 1 saturated carbocycles. The van der Waals surface area contributed by atoms with Gasteiger partial charge in [-0.05, 0) is 62.9 Å². The number of rotatable bonds is 21. The number of benzene rings is 1. The summed E-state index contributed by atoms with van der Waals surface area (Å²) in [5.74, 6) is -2.10. The Kier molecular flexibility index (Phi) is 15.7. The van der Waals surface area contributed by atoms with Crippen LogP contribution in [0.4, 0.5) is 17.5 Å². The first-order valence-corrected chi connectivity index (χ1v) is 23.5. The number of piperazine rings is 1. The summed E-state index contributed by atoms with van der Waals surface area (Å²) in [6.07, 6.45) is 7.39. The number of hydrogen-bond donors (Lipinski definition) is 2. The summed E-state index contributed by atoms with van der Waals surface area (Å²) in [5, 5.41) is 6.57. The predicted molar refractivity (Wildman–Crippen MR) is 251 cm³/mol. The number of hydrogen-bond acceptors (Lipinski definition) is 17. The van der Waals surface area contributed by atoms with E-state index in [9.17, 15) is 33.6 Å². The van der Waals surface area contributed by atoms with Crippen molar-refractivity contribution in [2.24, 2.45) is 0 Å². The molecule has 2 N–H and O–H groups in total. The lowest BCUT2D eigenvalue weighted by Crippen LogP contribution is -2.54. The molecule has 8 rings (SSSR count). The van der Waals surface area contributed by atoms with Gasteiger partial charge in [0.25, 0.3) is 29.2 Å².